The van der Waals surface area contributed by atoms with Crippen LogP contribution in [0.2, 0.25) is 10.0 Å². The maximum absolute atomic E-state index is 5.95. The Labute approximate surface area is 103 Å². The van der Waals surface area contributed by atoms with Gasteiger partial charge in [0.05, 0.1) is 10.0 Å². The van der Waals surface area contributed by atoms with Crippen LogP contribution in [0.3, 0.4) is 0 Å². The van der Waals surface area contributed by atoms with Crippen molar-refractivity contribution in [2.75, 3.05) is 0 Å². The number of H-pyrrole nitrogens is 1. The quantitative estimate of drug-likeness (QED) is 0.583. The Morgan fingerprint density at radius 3 is 2.69 bits per heavy atom. The van der Waals surface area contributed by atoms with Gasteiger partial charge in [-0.15, -0.1) is 0 Å². The van der Waals surface area contributed by atoms with E-state index in [2.05, 4.69) is 15.4 Å². The highest BCUT2D eigenvalue weighted by Gasteiger charge is 2.15. The number of aromatic amines is 1. The van der Waals surface area contributed by atoms with E-state index in [4.69, 9.17) is 29.0 Å². The SMILES string of the molecule is NNC(c1ccc(Cl)c(Cl)c1)c1ncc[nH]1. The molecule has 0 aliphatic carbocycles. The molecule has 0 bridgehead atoms. The fraction of sp³-hybridized carbons (Fsp3) is 0.100. The van der Waals surface area contributed by atoms with Gasteiger partial charge in [0.15, 0.2) is 0 Å². The third-order valence-electron chi connectivity index (χ3n) is 2.24. The maximum atomic E-state index is 5.95. The van der Waals surface area contributed by atoms with E-state index in [0.717, 1.165) is 11.4 Å². The van der Waals surface area contributed by atoms with Crippen LogP contribution in [0.4, 0.5) is 0 Å². The molecule has 84 valence electrons. The van der Waals surface area contributed by atoms with Crippen molar-refractivity contribution in [1.82, 2.24) is 15.4 Å². The average molecular weight is 257 g/mol. The zero-order valence-electron chi connectivity index (χ0n) is 8.24. The van der Waals surface area contributed by atoms with Gasteiger partial charge in [0.25, 0.3) is 0 Å². The predicted molar refractivity (Wildman–Crippen MR) is 64.2 cm³/mol. The smallest absolute Gasteiger partial charge is 0.129 e. The second-order valence-electron chi connectivity index (χ2n) is 3.25. The Bertz CT molecular complexity index is 470. The first-order valence-electron chi connectivity index (χ1n) is 4.62. The number of halogens is 2. The monoisotopic (exact) mass is 256 g/mol. The molecule has 1 heterocycles. The summed E-state index contributed by atoms with van der Waals surface area (Å²) in [5.74, 6) is 6.22. The molecular formula is C10H10Cl2N4. The van der Waals surface area contributed by atoms with Crippen LogP contribution in [0.5, 0.6) is 0 Å². The van der Waals surface area contributed by atoms with Gasteiger partial charge in [-0.2, -0.15) is 0 Å². The molecule has 2 rings (SSSR count). The van der Waals surface area contributed by atoms with E-state index >= 15 is 0 Å². The first-order valence-corrected chi connectivity index (χ1v) is 5.38. The number of hydrogen-bond donors (Lipinski definition) is 3. The molecule has 6 heteroatoms. The van der Waals surface area contributed by atoms with Gasteiger partial charge in [-0.3, -0.25) is 5.84 Å². The summed E-state index contributed by atoms with van der Waals surface area (Å²) >= 11 is 11.8. The van der Waals surface area contributed by atoms with Crippen molar-refractivity contribution in [2.45, 2.75) is 6.04 Å². The number of hydrazine groups is 1. The highest BCUT2D eigenvalue weighted by Crippen LogP contribution is 2.27. The molecule has 0 aliphatic heterocycles. The van der Waals surface area contributed by atoms with E-state index in [-0.39, 0.29) is 6.04 Å². The molecule has 2 aromatic rings. The number of rotatable bonds is 3. The molecule has 4 N–H and O–H groups in total. The molecule has 1 aromatic carbocycles. The Kier molecular flexibility index (Phi) is 3.46. The minimum absolute atomic E-state index is 0.232. The molecule has 0 saturated carbocycles. The zero-order chi connectivity index (χ0) is 11.5. The van der Waals surface area contributed by atoms with Gasteiger partial charge in [-0.05, 0) is 17.7 Å². The molecule has 0 spiro atoms. The van der Waals surface area contributed by atoms with E-state index < -0.39 is 0 Å². The normalized spacial score (nSPS) is 12.7. The second kappa shape index (κ2) is 4.84. The topological polar surface area (TPSA) is 66.7 Å². The van der Waals surface area contributed by atoms with Gasteiger partial charge in [-0.1, -0.05) is 29.3 Å². The number of aromatic nitrogens is 2. The van der Waals surface area contributed by atoms with Crippen LogP contribution in [-0.2, 0) is 0 Å². The summed E-state index contributed by atoms with van der Waals surface area (Å²) in [4.78, 5) is 7.13. The molecule has 0 radical (unpaired) electrons. The van der Waals surface area contributed by atoms with Crippen LogP contribution in [0.15, 0.2) is 30.6 Å². The molecule has 1 atom stereocenters. The highest BCUT2D eigenvalue weighted by molar-refractivity contribution is 6.42. The lowest BCUT2D eigenvalue weighted by molar-refractivity contribution is 0.608. The summed E-state index contributed by atoms with van der Waals surface area (Å²) in [7, 11) is 0. The Balaban J connectivity index is 2.37. The first kappa shape index (κ1) is 11.4. The van der Waals surface area contributed by atoms with Crippen LogP contribution < -0.4 is 11.3 Å². The van der Waals surface area contributed by atoms with Crippen molar-refractivity contribution in [3.8, 4) is 0 Å². The maximum Gasteiger partial charge on any atom is 0.129 e. The number of hydrogen-bond acceptors (Lipinski definition) is 3. The second-order valence-corrected chi connectivity index (χ2v) is 4.06. The molecule has 0 amide bonds. The van der Waals surface area contributed by atoms with E-state index in [1.165, 1.54) is 0 Å². The van der Waals surface area contributed by atoms with Crippen LogP contribution >= 0.6 is 23.2 Å². The van der Waals surface area contributed by atoms with Crippen molar-refractivity contribution in [3.63, 3.8) is 0 Å². The summed E-state index contributed by atoms with van der Waals surface area (Å²) in [6, 6.07) is 5.11. The lowest BCUT2D eigenvalue weighted by atomic mass is 10.1. The minimum Gasteiger partial charge on any atom is -0.347 e. The van der Waals surface area contributed by atoms with Gasteiger partial charge < -0.3 is 4.98 Å². The van der Waals surface area contributed by atoms with Gasteiger partial charge in [0, 0.05) is 12.4 Å². The fourth-order valence-electron chi connectivity index (χ4n) is 1.46. The predicted octanol–water partition coefficient (Wildman–Crippen LogP) is 2.27. The Morgan fingerprint density at radius 1 is 1.31 bits per heavy atom. The van der Waals surface area contributed by atoms with Crippen LogP contribution in [0, 0.1) is 0 Å². The largest absolute Gasteiger partial charge is 0.347 e. The lowest BCUT2D eigenvalue weighted by Gasteiger charge is -2.14. The zero-order valence-corrected chi connectivity index (χ0v) is 9.76. The summed E-state index contributed by atoms with van der Waals surface area (Å²) in [5.41, 5.74) is 3.57. The summed E-state index contributed by atoms with van der Waals surface area (Å²) in [6.07, 6.45) is 3.40. The molecule has 1 aromatic heterocycles. The van der Waals surface area contributed by atoms with Crippen LogP contribution in [0.25, 0.3) is 0 Å². The molecular weight excluding hydrogens is 247 g/mol. The van der Waals surface area contributed by atoms with Crippen molar-refractivity contribution in [2.24, 2.45) is 5.84 Å². The molecule has 0 fully saturated rings. The number of nitrogens with zero attached hydrogens (tertiary/aromatic N) is 1. The number of nitrogens with two attached hydrogens (primary N) is 1. The molecule has 4 nitrogen and oxygen atoms in total. The van der Waals surface area contributed by atoms with Gasteiger partial charge in [0.2, 0.25) is 0 Å². The minimum atomic E-state index is -0.232. The Hall–Kier alpha value is -1.07. The van der Waals surface area contributed by atoms with Gasteiger partial charge in [-0.25, -0.2) is 10.4 Å². The van der Waals surface area contributed by atoms with Crippen molar-refractivity contribution in [3.05, 3.63) is 52.0 Å². The van der Waals surface area contributed by atoms with E-state index in [1.807, 2.05) is 6.07 Å². The summed E-state index contributed by atoms with van der Waals surface area (Å²) in [6.45, 7) is 0. The fourth-order valence-corrected chi connectivity index (χ4v) is 1.77. The van der Waals surface area contributed by atoms with Crippen molar-refractivity contribution >= 4 is 23.2 Å². The van der Waals surface area contributed by atoms with Crippen molar-refractivity contribution < 1.29 is 0 Å². The first-order chi connectivity index (χ1) is 7.72. The summed E-state index contributed by atoms with van der Waals surface area (Å²) < 4.78 is 0. The number of imidazole rings is 1. The van der Waals surface area contributed by atoms with E-state index in [1.54, 1.807) is 24.5 Å². The van der Waals surface area contributed by atoms with E-state index in [0.29, 0.717) is 10.0 Å². The number of nitrogens with one attached hydrogen (secondary N) is 2. The third-order valence-corrected chi connectivity index (χ3v) is 2.98. The lowest BCUT2D eigenvalue weighted by Crippen LogP contribution is -2.29. The standard InChI is InChI=1S/C10H10Cl2N4/c11-7-2-1-6(5-8(7)12)9(16-13)10-14-3-4-15-10/h1-5,9,16H,13H2,(H,14,15). The van der Waals surface area contributed by atoms with Gasteiger partial charge in [0.1, 0.15) is 11.9 Å². The Morgan fingerprint density at radius 2 is 2.12 bits per heavy atom. The van der Waals surface area contributed by atoms with Crippen LogP contribution in [-0.4, -0.2) is 9.97 Å². The van der Waals surface area contributed by atoms with Gasteiger partial charge >= 0.3 is 0 Å². The van der Waals surface area contributed by atoms with Crippen LogP contribution in [0.1, 0.15) is 17.4 Å². The molecule has 0 aliphatic rings. The van der Waals surface area contributed by atoms with E-state index in [9.17, 15) is 0 Å². The molecule has 1 unspecified atom stereocenters. The summed E-state index contributed by atoms with van der Waals surface area (Å²) in [5, 5.41) is 1.01. The molecule has 16 heavy (non-hydrogen) atoms. The van der Waals surface area contributed by atoms with Crippen molar-refractivity contribution in [1.29, 1.82) is 0 Å². The number of benzene rings is 1. The highest BCUT2D eigenvalue weighted by atomic mass is 35.5. The third kappa shape index (κ3) is 2.20. The average Bonchev–Trinajstić information content (AvgIpc) is 2.78. The molecule has 0 saturated heterocycles.